The Bertz CT molecular complexity index is 1410. The van der Waals surface area contributed by atoms with Crippen LogP contribution in [0.25, 0.3) is 22.2 Å². The second-order valence-corrected chi connectivity index (χ2v) is 8.40. The van der Waals surface area contributed by atoms with Gasteiger partial charge in [-0.05, 0) is 54.1 Å². The first-order valence-corrected chi connectivity index (χ1v) is 11.9. The minimum absolute atomic E-state index is 0.192. The largest absolute Gasteiger partial charge is 0.497 e. The van der Waals surface area contributed by atoms with Gasteiger partial charge in [0.25, 0.3) is 5.56 Å². The number of rotatable bonds is 8. The Morgan fingerprint density at radius 2 is 1.77 bits per heavy atom. The minimum Gasteiger partial charge on any atom is -0.497 e. The van der Waals surface area contributed by atoms with Crippen molar-refractivity contribution in [2.75, 3.05) is 25.8 Å². The Hall–Kier alpha value is -4.05. The standard InChI is InChI=1S/C25H24N4O5S/c1-33-19-10-16(11-20(13-19)34-2)21-12-17-14-26-24(35-3)28-22(17)29(23(21)30)9-8-15-4-6-18(7-5-15)27-25(31)32/h4-7,10-14,27H,8-9H2,1-3H3,(H,31,32). The Morgan fingerprint density at radius 3 is 2.37 bits per heavy atom. The van der Waals surface area contributed by atoms with Gasteiger partial charge < -0.3 is 14.6 Å². The van der Waals surface area contributed by atoms with Gasteiger partial charge in [-0.3, -0.25) is 14.7 Å². The summed E-state index contributed by atoms with van der Waals surface area (Å²) < 4.78 is 12.4. The van der Waals surface area contributed by atoms with Crippen molar-refractivity contribution in [1.29, 1.82) is 0 Å². The molecule has 2 aromatic heterocycles. The second kappa shape index (κ2) is 10.5. The normalized spacial score (nSPS) is 10.8. The number of aromatic nitrogens is 3. The maximum Gasteiger partial charge on any atom is 0.409 e. The third-order valence-electron chi connectivity index (χ3n) is 5.48. The van der Waals surface area contributed by atoms with Crippen molar-refractivity contribution >= 4 is 34.6 Å². The molecule has 1 amide bonds. The van der Waals surface area contributed by atoms with Crippen LogP contribution in [0.3, 0.4) is 0 Å². The fourth-order valence-electron chi connectivity index (χ4n) is 3.74. The molecule has 35 heavy (non-hydrogen) atoms. The Kier molecular flexibility index (Phi) is 7.21. The summed E-state index contributed by atoms with van der Waals surface area (Å²) >= 11 is 1.40. The predicted octanol–water partition coefficient (Wildman–Crippen LogP) is 4.53. The highest BCUT2D eigenvalue weighted by atomic mass is 32.2. The molecular weight excluding hydrogens is 468 g/mol. The summed E-state index contributed by atoms with van der Waals surface area (Å²) in [5.74, 6) is 1.16. The number of hydrogen-bond donors (Lipinski definition) is 2. The van der Waals surface area contributed by atoms with E-state index in [1.54, 1.807) is 61.4 Å². The third-order valence-corrected chi connectivity index (χ3v) is 6.04. The number of hydrogen-bond acceptors (Lipinski definition) is 7. The summed E-state index contributed by atoms with van der Waals surface area (Å²) in [5.41, 5.74) is 2.94. The van der Waals surface area contributed by atoms with E-state index in [9.17, 15) is 9.59 Å². The van der Waals surface area contributed by atoms with Crippen LogP contribution in [0.15, 0.2) is 64.7 Å². The number of thioether (sulfide) groups is 1. The molecule has 2 N–H and O–H groups in total. The molecule has 0 saturated carbocycles. The molecule has 0 aliphatic carbocycles. The molecule has 0 unspecified atom stereocenters. The molecular formula is C25H24N4O5S. The van der Waals surface area contributed by atoms with Crippen molar-refractivity contribution in [1.82, 2.24) is 14.5 Å². The zero-order valence-corrected chi connectivity index (χ0v) is 20.3. The van der Waals surface area contributed by atoms with Gasteiger partial charge in [-0.2, -0.15) is 0 Å². The first-order valence-electron chi connectivity index (χ1n) is 10.7. The molecule has 0 bridgehead atoms. The predicted molar refractivity (Wildman–Crippen MR) is 136 cm³/mol. The molecule has 0 saturated heterocycles. The van der Waals surface area contributed by atoms with Crippen LogP contribution in [0.1, 0.15) is 5.56 Å². The highest BCUT2D eigenvalue weighted by molar-refractivity contribution is 7.98. The Balaban J connectivity index is 1.78. The number of aryl methyl sites for hydroxylation is 2. The lowest BCUT2D eigenvalue weighted by molar-refractivity contribution is 0.209. The van der Waals surface area contributed by atoms with Gasteiger partial charge in [0.05, 0.1) is 14.2 Å². The van der Waals surface area contributed by atoms with Crippen LogP contribution < -0.4 is 20.3 Å². The number of pyridine rings is 1. The molecule has 180 valence electrons. The molecule has 4 rings (SSSR count). The average Bonchev–Trinajstić information content (AvgIpc) is 2.87. The number of anilines is 1. The smallest absolute Gasteiger partial charge is 0.409 e. The monoisotopic (exact) mass is 492 g/mol. The van der Waals surface area contributed by atoms with E-state index in [2.05, 4.69) is 15.3 Å². The lowest BCUT2D eigenvalue weighted by Crippen LogP contribution is -2.24. The number of benzene rings is 2. The molecule has 9 nitrogen and oxygen atoms in total. The highest BCUT2D eigenvalue weighted by Gasteiger charge is 2.15. The lowest BCUT2D eigenvalue weighted by Gasteiger charge is -2.14. The lowest BCUT2D eigenvalue weighted by atomic mass is 10.0. The molecule has 0 aliphatic rings. The molecule has 2 heterocycles. The van der Waals surface area contributed by atoms with Crippen LogP contribution >= 0.6 is 11.8 Å². The van der Waals surface area contributed by atoms with Gasteiger partial charge in [-0.15, -0.1) is 0 Å². The molecule has 0 spiro atoms. The summed E-state index contributed by atoms with van der Waals surface area (Å²) in [6.45, 7) is 0.376. The number of nitrogens with zero attached hydrogens (tertiary/aromatic N) is 3. The van der Waals surface area contributed by atoms with E-state index in [0.29, 0.717) is 52.1 Å². The first kappa shape index (κ1) is 24.1. The maximum atomic E-state index is 13.7. The number of methoxy groups -OCH3 is 2. The van der Waals surface area contributed by atoms with Gasteiger partial charge in [-0.1, -0.05) is 23.9 Å². The summed E-state index contributed by atoms with van der Waals surface area (Å²) in [7, 11) is 3.12. The van der Waals surface area contributed by atoms with Crippen LogP contribution in [0.4, 0.5) is 10.5 Å². The molecule has 0 aliphatic heterocycles. The van der Waals surface area contributed by atoms with E-state index < -0.39 is 6.09 Å². The summed E-state index contributed by atoms with van der Waals surface area (Å²) in [6.07, 6.45) is 3.03. The van der Waals surface area contributed by atoms with Crippen molar-refractivity contribution in [2.24, 2.45) is 0 Å². The summed E-state index contributed by atoms with van der Waals surface area (Å²) in [4.78, 5) is 33.5. The molecule has 0 fully saturated rings. The number of nitrogens with one attached hydrogen (secondary N) is 1. The molecule has 0 atom stereocenters. The quantitative estimate of drug-likeness (QED) is 0.272. The molecule has 0 radical (unpaired) electrons. The fraction of sp³-hybridized carbons (Fsp3) is 0.200. The van der Waals surface area contributed by atoms with Crippen molar-refractivity contribution in [2.45, 2.75) is 18.1 Å². The van der Waals surface area contributed by atoms with Gasteiger partial charge in [0.15, 0.2) is 5.16 Å². The minimum atomic E-state index is -1.12. The van der Waals surface area contributed by atoms with Gasteiger partial charge in [-0.25, -0.2) is 14.8 Å². The number of carboxylic acid groups (broad SMARTS) is 1. The van der Waals surface area contributed by atoms with Gasteiger partial charge in [0.2, 0.25) is 0 Å². The van der Waals surface area contributed by atoms with Gasteiger partial charge >= 0.3 is 6.09 Å². The fourth-order valence-corrected chi connectivity index (χ4v) is 4.07. The Morgan fingerprint density at radius 1 is 1.09 bits per heavy atom. The van der Waals surface area contributed by atoms with E-state index in [1.165, 1.54) is 11.8 Å². The van der Waals surface area contributed by atoms with Crippen molar-refractivity contribution in [3.63, 3.8) is 0 Å². The van der Waals surface area contributed by atoms with Crippen molar-refractivity contribution in [3.8, 4) is 22.6 Å². The van der Waals surface area contributed by atoms with Gasteiger partial charge in [0, 0.05) is 35.4 Å². The molecule has 10 heteroatoms. The van der Waals surface area contributed by atoms with Gasteiger partial charge in [0.1, 0.15) is 17.1 Å². The van der Waals surface area contributed by atoms with Crippen molar-refractivity contribution < 1.29 is 19.4 Å². The van der Waals surface area contributed by atoms with E-state index in [4.69, 9.17) is 14.6 Å². The maximum absolute atomic E-state index is 13.7. The van der Waals surface area contributed by atoms with Crippen LogP contribution in [0.2, 0.25) is 0 Å². The SMILES string of the molecule is COc1cc(OC)cc(-c2cc3cnc(SC)nc3n(CCc3ccc(NC(=O)O)cc3)c2=O)c1. The highest BCUT2D eigenvalue weighted by Crippen LogP contribution is 2.29. The van der Waals surface area contributed by atoms with E-state index >= 15 is 0 Å². The topological polar surface area (TPSA) is 116 Å². The van der Waals surface area contributed by atoms with Crippen molar-refractivity contribution in [3.05, 3.63) is 70.6 Å². The molecule has 2 aromatic carbocycles. The summed E-state index contributed by atoms with van der Waals surface area (Å²) in [5, 5.41) is 12.5. The zero-order chi connectivity index (χ0) is 24.9. The number of carbonyl (C=O) groups is 1. The number of ether oxygens (including phenoxy) is 2. The first-order chi connectivity index (χ1) is 16.9. The van der Waals surface area contributed by atoms with E-state index in [0.717, 1.165) is 10.9 Å². The molecule has 4 aromatic rings. The second-order valence-electron chi connectivity index (χ2n) is 7.63. The van der Waals surface area contributed by atoms with Crippen LogP contribution in [-0.4, -0.2) is 46.2 Å². The average molecular weight is 493 g/mol. The number of fused-ring (bicyclic) bond motifs is 1. The van der Waals surface area contributed by atoms with Crippen LogP contribution in [0.5, 0.6) is 11.5 Å². The Labute approximate surface area is 205 Å². The zero-order valence-electron chi connectivity index (χ0n) is 19.4. The van der Waals surface area contributed by atoms with Crippen LogP contribution in [-0.2, 0) is 13.0 Å². The summed E-state index contributed by atoms with van der Waals surface area (Å²) in [6, 6.07) is 14.2. The van der Waals surface area contributed by atoms with E-state index in [1.807, 2.05) is 18.4 Å². The van der Waals surface area contributed by atoms with E-state index in [-0.39, 0.29) is 5.56 Å². The third kappa shape index (κ3) is 5.38. The number of amides is 1. The van der Waals surface area contributed by atoms with Crippen LogP contribution in [0, 0.1) is 0 Å².